The fourth-order valence-electron chi connectivity index (χ4n) is 7.38. The number of methoxy groups -OCH3 is 4. The minimum atomic E-state index is -0.699. The molecule has 3 rings (SSSR count). The standard InChI is InChI=1S/C7H12O4.2C7H14O4.C6H11ClO4.C6H12O5.2C6H10O4.2C6H12O4.C5H9ClO4.C5H10O4/c8-7(11-9)4-3-6-2-1-5-10-6;1-10-6-4-2-3-5-7(8)11-9;1-2-10-6-4-3-5-7(8)11-9;7-3-1-4-10-5-2-6(8)11-9;1-9-4-5-10-3-2-6(7)11-8;7-6(10-8)3-5-1-2-9-4-5;7-6(10-8)4-5-2-1-3-9-5;1-9-5-3-2-4-6(7)10-8;1-2-9-5-3-4-6(7)10-8;6-2-4-9-3-1-5(7)10-8;1-8-4-2-3-5(6)9-7/h6,9H,1-5H2;2*9H,2-6H2,1H3;9H,1-5H2;8H,2-5H2,1H3;2*5,8H,1-4H2;2*8H,2-5H2,1H3;8H,1-4H2;7H,2-4H2,1H3. The molecule has 0 radical (unpaired) electrons. The number of rotatable bonds is 50. The first-order valence-corrected chi connectivity index (χ1v) is 37.1. The summed E-state index contributed by atoms with van der Waals surface area (Å²) in [5.41, 5.74) is 0. The summed E-state index contributed by atoms with van der Waals surface area (Å²) in [5.74, 6) is -5.64. The van der Waals surface area contributed by atoms with Crippen LogP contribution >= 0.6 is 23.2 Å². The van der Waals surface area contributed by atoms with Crippen molar-refractivity contribution in [3.8, 4) is 0 Å². The fourth-order valence-corrected chi connectivity index (χ4v) is 7.60. The number of alkyl halides is 2. The highest BCUT2D eigenvalue weighted by atomic mass is 35.5. The predicted octanol–water partition coefficient (Wildman–Crippen LogP) is 8.19. The second-order valence-electron chi connectivity index (χ2n) is 22.2. The number of hydrogen-bond donors (Lipinski definition) is 11. The molecule has 3 aliphatic heterocycles. The largest absolute Gasteiger partial charge is 0.385 e. The summed E-state index contributed by atoms with van der Waals surface area (Å²) >= 11 is 10.6. The molecule has 0 bridgehead atoms. The first-order chi connectivity index (χ1) is 54.9. The van der Waals surface area contributed by atoms with E-state index in [9.17, 15) is 52.7 Å². The van der Waals surface area contributed by atoms with Crippen LogP contribution < -0.4 is 0 Å². The van der Waals surface area contributed by atoms with Gasteiger partial charge >= 0.3 is 65.7 Å². The third-order valence-electron chi connectivity index (χ3n) is 13.1. The molecule has 0 saturated carbocycles. The first kappa shape index (κ1) is 123. The van der Waals surface area contributed by atoms with Gasteiger partial charge in [0.05, 0.1) is 110 Å². The average Bonchev–Trinajstić information content (AvgIpc) is 1.85. The summed E-state index contributed by atoms with van der Waals surface area (Å²) in [6.07, 6.45) is 15.2. The van der Waals surface area contributed by atoms with E-state index in [2.05, 4.69) is 63.2 Å². The quantitative estimate of drug-likeness (QED) is 0.00898. The van der Waals surface area contributed by atoms with Crippen molar-refractivity contribution < 1.29 is 221 Å². The molecule has 0 aromatic rings. The number of hydrogen-bond acceptors (Lipinski definition) is 45. The maximum atomic E-state index is 10.4. The van der Waals surface area contributed by atoms with E-state index in [0.29, 0.717) is 136 Å². The summed E-state index contributed by atoms with van der Waals surface area (Å²) in [5, 5.41) is 86.2. The lowest BCUT2D eigenvalue weighted by Gasteiger charge is -2.05. The molecule has 0 aliphatic carbocycles. The zero-order valence-corrected chi connectivity index (χ0v) is 67.5. The van der Waals surface area contributed by atoms with Crippen molar-refractivity contribution in [1.29, 1.82) is 0 Å². The van der Waals surface area contributed by atoms with Gasteiger partial charge in [0.2, 0.25) is 0 Å². The molecule has 3 atom stereocenters. The summed E-state index contributed by atoms with van der Waals surface area (Å²) in [4.78, 5) is 151. The van der Waals surface area contributed by atoms with Crippen molar-refractivity contribution >= 4 is 88.9 Å². The summed E-state index contributed by atoms with van der Waals surface area (Å²) in [6, 6.07) is 0. The molecule has 45 nitrogen and oxygen atoms in total. The van der Waals surface area contributed by atoms with Crippen LogP contribution in [0.15, 0.2) is 0 Å². The maximum absolute atomic E-state index is 10.4. The Morgan fingerprint density at radius 1 is 0.298 bits per heavy atom. The highest BCUT2D eigenvalue weighted by molar-refractivity contribution is 6.18. The molecule has 0 amide bonds. The van der Waals surface area contributed by atoms with Gasteiger partial charge in [0.15, 0.2) is 0 Å². The average molecular weight is 1720 g/mol. The molecule has 3 fully saturated rings. The number of ether oxygens (including phenoxy) is 12. The van der Waals surface area contributed by atoms with Gasteiger partial charge in [0.1, 0.15) is 0 Å². The van der Waals surface area contributed by atoms with Crippen molar-refractivity contribution in [2.24, 2.45) is 5.92 Å². The van der Waals surface area contributed by atoms with Gasteiger partial charge in [-0.05, 0) is 116 Å². The second kappa shape index (κ2) is 107. The van der Waals surface area contributed by atoms with E-state index in [1.807, 2.05) is 13.8 Å². The Bertz CT molecular complexity index is 1950. The SMILES string of the molecule is CCOCCCC(=O)OO.CCOCCCCC(=O)OO.COCCCC(=O)OO.COCCCCC(=O)OO.COCCCCCC(=O)OO.COCCOCCC(=O)OO.O=C(CC1CCCO1)OO.O=C(CC1CCOC1)OO.O=C(CCC1CCCO1)OO.O=C(CCOCCCCl)OO.O=C(CCOCCCl)OO. The molecular weight excluding hydrogens is 1600 g/mol. The lowest BCUT2D eigenvalue weighted by molar-refractivity contribution is -0.236. The van der Waals surface area contributed by atoms with E-state index in [1.54, 1.807) is 28.4 Å². The number of halogens is 2. The molecular formula is C67H126Cl2O45. The first-order valence-electron chi connectivity index (χ1n) is 36.0. The summed E-state index contributed by atoms with van der Waals surface area (Å²) in [7, 11) is 6.35. The van der Waals surface area contributed by atoms with Gasteiger partial charge < -0.3 is 111 Å². The minimum Gasteiger partial charge on any atom is -0.385 e. The zero-order valence-electron chi connectivity index (χ0n) is 66.0. The van der Waals surface area contributed by atoms with Gasteiger partial charge in [-0.1, -0.05) is 6.42 Å². The van der Waals surface area contributed by atoms with Gasteiger partial charge in [-0.25, -0.2) is 52.7 Å². The Balaban J connectivity index is -0.000000181. The van der Waals surface area contributed by atoms with E-state index in [0.717, 1.165) is 77.2 Å². The monoisotopic (exact) mass is 1720 g/mol. The van der Waals surface area contributed by atoms with Crippen LogP contribution in [-0.2, 0) is 163 Å². The highest BCUT2D eigenvalue weighted by Gasteiger charge is 2.21. The molecule has 3 aliphatic rings. The van der Waals surface area contributed by atoms with Crippen molar-refractivity contribution in [2.75, 3.05) is 159 Å². The van der Waals surface area contributed by atoms with Gasteiger partial charge in [-0.2, -0.15) is 57.8 Å². The second-order valence-corrected chi connectivity index (χ2v) is 22.9. The number of carbonyl (C=O) groups excluding carboxylic acids is 11. The Morgan fingerprint density at radius 2 is 0.623 bits per heavy atom. The molecule has 0 aromatic heterocycles. The van der Waals surface area contributed by atoms with Crippen molar-refractivity contribution in [3.63, 3.8) is 0 Å². The van der Waals surface area contributed by atoms with Crippen LogP contribution in [0.1, 0.15) is 187 Å². The van der Waals surface area contributed by atoms with Crippen LogP contribution in [0.2, 0.25) is 0 Å². The van der Waals surface area contributed by atoms with Crippen molar-refractivity contribution in [3.05, 3.63) is 0 Å². The smallest absolute Gasteiger partial charge is 0.344 e. The predicted molar refractivity (Wildman–Crippen MR) is 389 cm³/mol. The van der Waals surface area contributed by atoms with Crippen LogP contribution in [0.3, 0.4) is 0 Å². The molecule has 114 heavy (non-hydrogen) atoms. The summed E-state index contributed by atoms with van der Waals surface area (Å²) < 4.78 is 58.9. The van der Waals surface area contributed by atoms with E-state index < -0.39 is 65.7 Å². The molecule has 11 N–H and O–H groups in total. The van der Waals surface area contributed by atoms with E-state index >= 15 is 0 Å². The minimum absolute atomic E-state index is 0.0420. The van der Waals surface area contributed by atoms with E-state index in [1.165, 1.54) is 0 Å². The van der Waals surface area contributed by atoms with Gasteiger partial charge in [-0.15, -0.1) is 23.2 Å². The molecule has 0 aromatic carbocycles. The molecule has 0 spiro atoms. The van der Waals surface area contributed by atoms with Crippen molar-refractivity contribution in [1.82, 2.24) is 0 Å². The van der Waals surface area contributed by atoms with Crippen LogP contribution in [-0.4, -0.2) is 295 Å². The zero-order chi connectivity index (χ0) is 87.6. The lowest BCUT2D eigenvalue weighted by atomic mass is 10.1. The van der Waals surface area contributed by atoms with Gasteiger partial charge in [-0.3, -0.25) is 0 Å². The topological polar surface area (TPSA) is 623 Å². The maximum Gasteiger partial charge on any atom is 0.344 e. The summed E-state index contributed by atoms with van der Waals surface area (Å²) in [6.45, 7) is 13.6. The fraction of sp³-hybridized carbons (Fsp3) is 0.836. The highest BCUT2D eigenvalue weighted by Crippen LogP contribution is 2.18. The van der Waals surface area contributed by atoms with E-state index in [-0.39, 0.29) is 109 Å². The van der Waals surface area contributed by atoms with Crippen LogP contribution in [0, 0.1) is 5.92 Å². The van der Waals surface area contributed by atoms with Gasteiger partial charge in [0.25, 0.3) is 0 Å². The molecule has 3 heterocycles. The Morgan fingerprint density at radius 3 is 0.991 bits per heavy atom. The van der Waals surface area contributed by atoms with E-state index in [4.69, 9.17) is 128 Å². The van der Waals surface area contributed by atoms with Gasteiger partial charge in [0, 0.05) is 132 Å². The third kappa shape index (κ3) is 114. The number of carbonyl (C=O) groups is 11. The molecule has 3 saturated heterocycles. The lowest BCUT2D eigenvalue weighted by Crippen LogP contribution is -2.13. The van der Waals surface area contributed by atoms with Crippen LogP contribution in [0.25, 0.3) is 0 Å². The Hall–Kier alpha value is -6.17. The van der Waals surface area contributed by atoms with Crippen LogP contribution in [0.4, 0.5) is 0 Å². The van der Waals surface area contributed by atoms with Crippen LogP contribution in [0.5, 0.6) is 0 Å². The Labute approximate surface area is 672 Å². The third-order valence-corrected chi connectivity index (χ3v) is 13.5. The molecule has 678 valence electrons. The molecule has 3 unspecified atom stereocenters. The molecule has 47 heteroatoms. The number of unbranched alkanes of at least 4 members (excludes halogenated alkanes) is 4. The Kier molecular flexibility index (Phi) is 116. The normalized spacial score (nSPS) is 13.5. The van der Waals surface area contributed by atoms with Crippen molar-refractivity contribution in [2.45, 2.75) is 199 Å².